The number of hydrogen-bond acceptors (Lipinski definition) is 3. The molecule has 0 heterocycles. The fourth-order valence-corrected chi connectivity index (χ4v) is 2.04. The van der Waals surface area contributed by atoms with Gasteiger partial charge in [-0.05, 0) is 29.8 Å². The van der Waals surface area contributed by atoms with E-state index in [1.54, 1.807) is 36.4 Å². The summed E-state index contributed by atoms with van der Waals surface area (Å²) in [4.78, 5) is 22.7. The number of aliphatic hydroxyl groups excluding tert-OH is 1. The molecule has 0 saturated carbocycles. The molecular formula is C18H17FN2O3. The summed E-state index contributed by atoms with van der Waals surface area (Å²) in [5.41, 5.74) is 6.36. The number of nitrogens with two attached hydrogens (primary N) is 1. The van der Waals surface area contributed by atoms with Crippen molar-refractivity contribution in [1.29, 1.82) is 0 Å². The van der Waals surface area contributed by atoms with Gasteiger partial charge in [0.15, 0.2) is 0 Å². The van der Waals surface area contributed by atoms with Gasteiger partial charge in [-0.25, -0.2) is 4.39 Å². The lowest BCUT2D eigenvalue weighted by Crippen LogP contribution is -2.27. The molecule has 4 N–H and O–H groups in total. The predicted octanol–water partition coefficient (Wildman–Crippen LogP) is 1.79. The van der Waals surface area contributed by atoms with Crippen LogP contribution in [0.4, 0.5) is 4.39 Å². The van der Waals surface area contributed by atoms with Crippen LogP contribution in [0.1, 0.15) is 27.6 Å². The van der Waals surface area contributed by atoms with Crippen LogP contribution in [0.25, 0.3) is 6.08 Å². The third-order valence-corrected chi connectivity index (χ3v) is 3.36. The van der Waals surface area contributed by atoms with Crippen molar-refractivity contribution in [3.05, 3.63) is 77.1 Å². The third kappa shape index (κ3) is 4.76. The zero-order chi connectivity index (χ0) is 17.5. The maximum atomic E-state index is 13.5. The summed E-state index contributed by atoms with van der Waals surface area (Å²) in [6.45, 7) is -0.106. The van der Waals surface area contributed by atoms with Crippen molar-refractivity contribution in [3.8, 4) is 0 Å². The van der Waals surface area contributed by atoms with Crippen molar-refractivity contribution >= 4 is 17.9 Å². The predicted molar refractivity (Wildman–Crippen MR) is 88.4 cm³/mol. The van der Waals surface area contributed by atoms with Crippen LogP contribution in [0.5, 0.6) is 0 Å². The van der Waals surface area contributed by atoms with Gasteiger partial charge >= 0.3 is 0 Å². The molecule has 0 aromatic heterocycles. The van der Waals surface area contributed by atoms with E-state index in [4.69, 9.17) is 5.73 Å². The summed E-state index contributed by atoms with van der Waals surface area (Å²) in [7, 11) is 0. The van der Waals surface area contributed by atoms with Gasteiger partial charge in [0.2, 0.25) is 11.8 Å². The van der Waals surface area contributed by atoms with Gasteiger partial charge in [-0.1, -0.05) is 30.3 Å². The summed E-state index contributed by atoms with van der Waals surface area (Å²) in [5.74, 6) is -1.47. The molecule has 6 heteroatoms. The van der Waals surface area contributed by atoms with E-state index < -0.39 is 23.7 Å². The van der Waals surface area contributed by atoms with Crippen LogP contribution in [0.2, 0.25) is 0 Å². The highest BCUT2D eigenvalue weighted by atomic mass is 19.1. The van der Waals surface area contributed by atoms with Crippen LogP contribution in [0.3, 0.4) is 0 Å². The van der Waals surface area contributed by atoms with Gasteiger partial charge in [0.25, 0.3) is 0 Å². The Morgan fingerprint density at radius 1 is 1.17 bits per heavy atom. The highest BCUT2D eigenvalue weighted by Crippen LogP contribution is 2.15. The summed E-state index contributed by atoms with van der Waals surface area (Å²) >= 11 is 0. The average Bonchev–Trinajstić information content (AvgIpc) is 2.58. The van der Waals surface area contributed by atoms with E-state index in [0.29, 0.717) is 11.1 Å². The van der Waals surface area contributed by atoms with Crippen LogP contribution in [0.15, 0.2) is 54.6 Å². The number of benzene rings is 2. The molecular weight excluding hydrogens is 311 g/mol. The molecule has 124 valence electrons. The molecule has 2 aromatic rings. The minimum absolute atomic E-state index is 0.106. The van der Waals surface area contributed by atoms with Crippen LogP contribution in [0, 0.1) is 5.82 Å². The Kier molecular flexibility index (Phi) is 5.81. The molecule has 1 unspecified atom stereocenters. The third-order valence-electron chi connectivity index (χ3n) is 3.36. The number of hydrogen-bond donors (Lipinski definition) is 3. The van der Waals surface area contributed by atoms with Crippen molar-refractivity contribution in [2.45, 2.75) is 6.10 Å². The smallest absolute Gasteiger partial charge is 0.248 e. The standard InChI is InChI=1S/C18H17FN2O3/c19-15-4-2-1-3-14(15)16(22)11-21-17(23)10-7-12-5-8-13(9-6-12)18(20)24/h1-10,16,22H,11H2,(H2,20,24)(H,21,23)/b10-7+. The molecule has 0 aliphatic rings. The maximum Gasteiger partial charge on any atom is 0.248 e. The van der Waals surface area contributed by atoms with Gasteiger partial charge in [0.05, 0.1) is 6.10 Å². The molecule has 0 aliphatic carbocycles. The lowest BCUT2D eigenvalue weighted by atomic mass is 10.1. The normalized spacial score (nSPS) is 12.1. The van der Waals surface area contributed by atoms with Crippen molar-refractivity contribution in [2.75, 3.05) is 6.54 Å². The number of aliphatic hydroxyl groups is 1. The molecule has 0 spiro atoms. The van der Waals surface area contributed by atoms with Crippen LogP contribution in [-0.4, -0.2) is 23.5 Å². The summed E-state index contributed by atoms with van der Waals surface area (Å²) in [6.07, 6.45) is 1.71. The number of carbonyl (C=O) groups excluding carboxylic acids is 2. The van der Waals surface area contributed by atoms with Gasteiger partial charge in [0.1, 0.15) is 5.82 Å². The zero-order valence-corrected chi connectivity index (χ0v) is 12.8. The number of rotatable bonds is 6. The lowest BCUT2D eigenvalue weighted by molar-refractivity contribution is -0.116. The minimum Gasteiger partial charge on any atom is -0.386 e. The molecule has 0 saturated heterocycles. The molecule has 1 atom stereocenters. The zero-order valence-electron chi connectivity index (χ0n) is 12.8. The first-order valence-corrected chi connectivity index (χ1v) is 7.25. The van der Waals surface area contributed by atoms with Gasteiger partial charge in [-0.2, -0.15) is 0 Å². The van der Waals surface area contributed by atoms with Gasteiger partial charge in [0, 0.05) is 23.7 Å². The monoisotopic (exact) mass is 328 g/mol. The van der Waals surface area contributed by atoms with Gasteiger partial charge < -0.3 is 16.2 Å². The molecule has 2 rings (SSSR count). The average molecular weight is 328 g/mol. The fraction of sp³-hybridized carbons (Fsp3) is 0.111. The lowest BCUT2D eigenvalue weighted by Gasteiger charge is -2.12. The van der Waals surface area contributed by atoms with E-state index in [2.05, 4.69) is 5.32 Å². The first kappa shape index (κ1) is 17.4. The van der Waals surface area contributed by atoms with Crippen molar-refractivity contribution in [1.82, 2.24) is 5.32 Å². The summed E-state index contributed by atoms with van der Waals surface area (Å²) < 4.78 is 13.5. The van der Waals surface area contributed by atoms with E-state index in [9.17, 15) is 19.1 Å². The van der Waals surface area contributed by atoms with E-state index in [1.807, 2.05) is 0 Å². The van der Waals surface area contributed by atoms with Crippen molar-refractivity contribution in [3.63, 3.8) is 0 Å². The second kappa shape index (κ2) is 8.03. The Morgan fingerprint density at radius 3 is 2.46 bits per heavy atom. The Bertz CT molecular complexity index is 757. The van der Waals surface area contributed by atoms with E-state index in [-0.39, 0.29) is 12.1 Å². The first-order valence-electron chi connectivity index (χ1n) is 7.25. The SMILES string of the molecule is NC(=O)c1ccc(/C=C/C(=O)NCC(O)c2ccccc2F)cc1. The molecule has 0 radical (unpaired) electrons. The molecule has 2 amide bonds. The minimum atomic E-state index is -1.13. The molecule has 0 fully saturated rings. The van der Waals surface area contributed by atoms with Gasteiger partial charge in [-0.15, -0.1) is 0 Å². The van der Waals surface area contributed by atoms with Crippen molar-refractivity contribution < 1.29 is 19.1 Å². The highest BCUT2D eigenvalue weighted by Gasteiger charge is 2.12. The Morgan fingerprint density at radius 2 is 1.83 bits per heavy atom. The molecule has 24 heavy (non-hydrogen) atoms. The second-order valence-corrected chi connectivity index (χ2v) is 5.10. The summed E-state index contributed by atoms with van der Waals surface area (Å²) in [5, 5.41) is 12.4. The number of carbonyl (C=O) groups is 2. The highest BCUT2D eigenvalue weighted by molar-refractivity contribution is 5.94. The maximum absolute atomic E-state index is 13.5. The molecule has 0 aliphatic heterocycles. The quantitative estimate of drug-likeness (QED) is 0.706. The topological polar surface area (TPSA) is 92.4 Å². The Hall–Kier alpha value is -2.99. The Balaban J connectivity index is 1.88. The number of primary amides is 1. The van der Waals surface area contributed by atoms with Crippen LogP contribution < -0.4 is 11.1 Å². The van der Waals surface area contributed by atoms with Crippen LogP contribution in [-0.2, 0) is 4.79 Å². The molecule has 5 nitrogen and oxygen atoms in total. The first-order chi connectivity index (χ1) is 11.5. The second-order valence-electron chi connectivity index (χ2n) is 5.10. The van der Waals surface area contributed by atoms with E-state index >= 15 is 0 Å². The fourth-order valence-electron chi connectivity index (χ4n) is 2.04. The molecule has 2 aromatic carbocycles. The van der Waals surface area contributed by atoms with Crippen molar-refractivity contribution in [2.24, 2.45) is 5.73 Å². The van der Waals surface area contributed by atoms with E-state index in [0.717, 1.165) is 0 Å². The number of amides is 2. The molecule has 0 bridgehead atoms. The number of halogens is 1. The van der Waals surface area contributed by atoms with E-state index in [1.165, 1.54) is 24.3 Å². The van der Waals surface area contributed by atoms with Gasteiger partial charge in [-0.3, -0.25) is 9.59 Å². The Labute approximate surface area is 138 Å². The van der Waals surface area contributed by atoms with Crippen LogP contribution >= 0.6 is 0 Å². The largest absolute Gasteiger partial charge is 0.386 e. The summed E-state index contributed by atoms with van der Waals surface area (Å²) in [6, 6.07) is 12.3. The number of nitrogens with one attached hydrogen (secondary N) is 1.